The van der Waals surface area contributed by atoms with Crippen LogP contribution >= 0.6 is 11.3 Å². The van der Waals surface area contributed by atoms with Crippen LogP contribution in [-0.2, 0) is 9.59 Å². The fraction of sp³-hybridized carbons (Fsp3) is 0.353. The van der Waals surface area contributed by atoms with Crippen LogP contribution in [0, 0.1) is 5.92 Å². The lowest BCUT2D eigenvalue weighted by atomic mass is 10.2. The lowest BCUT2D eigenvalue weighted by Gasteiger charge is -2.22. The third kappa shape index (κ3) is 5.17. The second-order valence-electron chi connectivity index (χ2n) is 5.75. The molecule has 2 rings (SSSR count). The van der Waals surface area contributed by atoms with Gasteiger partial charge in [0.15, 0.2) is 5.13 Å². The van der Waals surface area contributed by atoms with E-state index in [1.807, 2.05) is 49.6 Å². The summed E-state index contributed by atoms with van der Waals surface area (Å²) in [6.45, 7) is 6.12. The van der Waals surface area contributed by atoms with Gasteiger partial charge in [-0.15, -0.1) is 11.3 Å². The molecule has 0 aliphatic carbocycles. The third-order valence-corrected chi connectivity index (χ3v) is 3.94. The summed E-state index contributed by atoms with van der Waals surface area (Å²) in [5.74, 6) is -0.0102. The summed E-state index contributed by atoms with van der Waals surface area (Å²) in [4.78, 5) is 29.7. The molecule has 2 amide bonds. The topological polar surface area (TPSA) is 62.3 Å². The number of carbonyl (C=O) groups excluding carboxylic acids is 2. The smallest absolute Gasteiger partial charge is 0.245 e. The fourth-order valence-electron chi connectivity index (χ4n) is 2.15. The summed E-state index contributed by atoms with van der Waals surface area (Å²) in [6, 6.07) is 9.79. The Morgan fingerprint density at radius 3 is 2.57 bits per heavy atom. The van der Waals surface area contributed by atoms with E-state index in [-0.39, 0.29) is 18.4 Å². The third-order valence-electron chi connectivity index (χ3n) is 3.19. The summed E-state index contributed by atoms with van der Waals surface area (Å²) in [7, 11) is 0. The van der Waals surface area contributed by atoms with Crippen LogP contribution in [-0.4, -0.2) is 34.8 Å². The summed E-state index contributed by atoms with van der Waals surface area (Å²) in [5, 5.41) is 5.21. The molecule has 0 bridgehead atoms. The highest BCUT2D eigenvalue weighted by molar-refractivity contribution is 7.14. The van der Waals surface area contributed by atoms with Crippen LogP contribution in [0.4, 0.5) is 5.13 Å². The zero-order valence-corrected chi connectivity index (χ0v) is 14.4. The molecule has 0 aliphatic heterocycles. The van der Waals surface area contributed by atoms with Crippen molar-refractivity contribution in [3.63, 3.8) is 0 Å². The Morgan fingerprint density at radius 2 is 1.96 bits per heavy atom. The maximum atomic E-state index is 12.1. The first-order chi connectivity index (χ1) is 11.0. The minimum atomic E-state index is -0.227. The monoisotopic (exact) mass is 331 g/mol. The fourth-order valence-corrected chi connectivity index (χ4v) is 2.89. The van der Waals surface area contributed by atoms with Gasteiger partial charge in [-0.2, -0.15) is 0 Å². The second-order valence-corrected chi connectivity index (χ2v) is 6.60. The van der Waals surface area contributed by atoms with Gasteiger partial charge in [0.1, 0.15) is 0 Å². The number of benzene rings is 1. The lowest BCUT2D eigenvalue weighted by Crippen LogP contribution is -2.38. The minimum absolute atomic E-state index is 0.0494. The minimum Gasteiger partial charge on any atom is -0.333 e. The molecule has 0 spiro atoms. The molecule has 0 radical (unpaired) electrons. The van der Waals surface area contributed by atoms with Crippen LogP contribution in [0.3, 0.4) is 0 Å². The van der Waals surface area contributed by atoms with Crippen molar-refractivity contribution in [2.75, 3.05) is 18.4 Å². The molecule has 1 N–H and O–H groups in total. The summed E-state index contributed by atoms with van der Waals surface area (Å²) in [5.41, 5.74) is 1.84. The number of hydrogen-bond acceptors (Lipinski definition) is 4. The van der Waals surface area contributed by atoms with Crippen molar-refractivity contribution in [2.24, 2.45) is 5.92 Å². The van der Waals surface area contributed by atoms with Crippen molar-refractivity contribution in [3.8, 4) is 11.3 Å². The van der Waals surface area contributed by atoms with Gasteiger partial charge in [-0.1, -0.05) is 44.2 Å². The van der Waals surface area contributed by atoms with Crippen LogP contribution in [0.25, 0.3) is 11.3 Å². The molecule has 23 heavy (non-hydrogen) atoms. The number of nitrogens with one attached hydrogen (secondary N) is 1. The van der Waals surface area contributed by atoms with Gasteiger partial charge in [-0.25, -0.2) is 4.98 Å². The molecule has 6 heteroatoms. The molecule has 1 aromatic carbocycles. The van der Waals surface area contributed by atoms with Gasteiger partial charge in [0.2, 0.25) is 11.8 Å². The molecule has 5 nitrogen and oxygen atoms in total. The zero-order chi connectivity index (χ0) is 16.8. The molecule has 1 heterocycles. The standard InChI is InChI=1S/C17H21N3O2S/c1-12(2)9-20(13(3)21)10-16(22)19-17-18-15(11-23-17)14-7-5-4-6-8-14/h4-8,11-12H,9-10H2,1-3H3,(H,18,19,22). The first-order valence-corrected chi connectivity index (χ1v) is 8.40. The molecule has 0 atom stereocenters. The van der Waals surface area contributed by atoms with Crippen LogP contribution in [0.1, 0.15) is 20.8 Å². The average Bonchev–Trinajstić information content (AvgIpc) is 2.95. The Bertz CT molecular complexity index is 667. The van der Waals surface area contributed by atoms with Crippen molar-refractivity contribution in [2.45, 2.75) is 20.8 Å². The second kappa shape index (κ2) is 7.87. The Morgan fingerprint density at radius 1 is 1.26 bits per heavy atom. The number of aromatic nitrogens is 1. The van der Waals surface area contributed by atoms with Gasteiger partial charge in [-0.3, -0.25) is 9.59 Å². The molecule has 0 unspecified atom stereocenters. The van der Waals surface area contributed by atoms with E-state index in [0.717, 1.165) is 11.3 Å². The number of carbonyl (C=O) groups is 2. The quantitative estimate of drug-likeness (QED) is 0.884. The summed E-state index contributed by atoms with van der Waals surface area (Å²) >= 11 is 1.38. The molecule has 0 fully saturated rings. The number of amides is 2. The predicted molar refractivity (Wildman–Crippen MR) is 93.3 cm³/mol. The summed E-state index contributed by atoms with van der Waals surface area (Å²) < 4.78 is 0. The van der Waals surface area contributed by atoms with Gasteiger partial charge in [0.05, 0.1) is 12.2 Å². The largest absolute Gasteiger partial charge is 0.333 e. The number of hydrogen-bond donors (Lipinski definition) is 1. The maximum absolute atomic E-state index is 12.1. The van der Waals surface area contributed by atoms with E-state index < -0.39 is 0 Å². The first-order valence-electron chi connectivity index (χ1n) is 7.52. The van der Waals surface area contributed by atoms with Gasteiger partial charge in [0.25, 0.3) is 0 Å². The van der Waals surface area contributed by atoms with Gasteiger partial charge >= 0.3 is 0 Å². The van der Waals surface area contributed by atoms with Crippen molar-refractivity contribution < 1.29 is 9.59 Å². The number of anilines is 1. The van der Waals surface area contributed by atoms with Crippen LogP contribution in [0.2, 0.25) is 0 Å². The lowest BCUT2D eigenvalue weighted by molar-refractivity contribution is -0.133. The predicted octanol–water partition coefficient (Wildman–Crippen LogP) is 3.25. The molecule has 2 aromatic rings. The van der Waals surface area contributed by atoms with E-state index in [0.29, 0.717) is 17.6 Å². The SMILES string of the molecule is CC(=O)N(CC(=O)Nc1nc(-c2ccccc2)cs1)CC(C)C. The van der Waals surface area contributed by atoms with Gasteiger partial charge < -0.3 is 10.2 Å². The summed E-state index contributed by atoms with van der Waals surface area (Å²) in [6.07, 6.45) is 0. The molecule has 0 saturated heterocycles. The van der Waals surface area contributed by atoms with Crippen LogP contribution in [0.15, 0.2) is 35.7 Å². The molecule has 0 aliphatic rings. The Balaban J connectivity index is 1.98. The van der Waals surface area contributed by atoms with Crippen molar-refractivity contribution >= 4 is 28.3 Å². The zero-order valence-electron chi connectivity index (χ0n) is 13.6. The van der Waals surface area contributed by atoms with E-state index in [1.165, 1.54) is 18.3 Å². The van der Waals surface area contributed by atoms with Crippen molar-refractivity contribution in [1.82, 2.24) is 9.88 Å². The van der Waals surface area contributed by atoms with E-state index in [2.05, 4.69) is 10.3 Å². The number of rotatable bonds is 6. The van der Waals surface area contributed by atoms with E-state index in [9.17, 15) is 9.59 Å². The van der Waals surface area contributed by atoms with Crippen LogP contribution in [0.5, 0.6) is 0 Å². The molecular formula is C17H21N3O2S. The highest BCUT2D eigenvalue weighted by Gasteiger charge is 2.16. The number of nitrogens with zero attached hydrogens (tertiary/aromatic N) is 2. The number of thiazole rings is 1. The van der Waals surface area contributed by atoms with Crippen LogP contribution < -0.4 is 5.32 Å². The molecule has 1 aromatic heterocycles. The molecular weight excluding hydrogens is 310 g/mol. The highest BCUT2D eigenvalue weighted by atomic mass is 32.1. The highest BCUT2D eigenvalue weighted by Crippen LogP contribution is 2.24. The van der Waals surface area contributed by atoms with E-state index in [4.69, 9.17) is 0 Å². The average molecular weight is 331 g/mol. The van der Waals surface area contributed by atoms with Crippen molar-refractivity contribution in [3.05, 3.63) is 35.7 Å². The maximum Gasteiger partial charge on any atom is 0.245 e. The van der Waals surface area contributed by atoms with Crippen molar-refractivity contribution in [1.29, 1.82) is 0 Å². The van der Waals surface area contributed by atoms with Gasteiger partial charge in [-0.05, 0) is 5.92 Å². The first kappa shape index (κ1) is 17.1. The Labute approximate surface area is 140 Å². The Kier molecular flexibility index (Phi) is 5.87. The molecule has 122 valence electrons. The van der Waals surface area contributed by atoms with E-state index in [1.54, 1.807) is 4.90 Å². The van der Waals surface area contributed by atoms with Gasteiger partial charge in [0, 0.05) is 24.4 Å². The Hall–Kier alpha value is -2.21. The molecule has 0 saturated carbocycles. The van der Waals surface area contributed by atoms with E-state index >= 15 is 0 Å². The normalized spacial score (nSPS) is 10.6.